The molecule has 1 aliphatic rings. The van der Waals surface area contributed by atoms with Crippen molar-refractivity contribution >= 4 is 11.5 Å². The van der Waals surface area contributed by atoms with Gasteiger partial charge in [-0.3, -0.25) is 0 Å². The van der Waals surface area contributed by atoms with E-state index in [2.05, 4.69) is 20.6 Å². The van der Waals surface area contributed by atoms with Crippen LogP contribution in [-0.4, -0.2) is 45.4 Å². The minimum Gasteiger partial charge on any atom is -0.368 e. The van der Waals surface area contributed by atoms with E-state index in [1.807, 2.05) is 6.92 Å². The van der Waals surface area contributed by atoms with Crippen LogP contribution in [0.1, 0.15) is 30.3 Å². The lowest BCUT2D eigenvalue weighted by Gasteiger charge is -2.22. The normalized spacial score (nSPS) is 17.6. The van der Waals surface area contributed by atoms with Gasteiger partial charge in [-0.15, -0.1) is 15.3 Å². The molecule has 1 aliphatic heterocycles. The zero-order valence-corrected chi connectivity index (χ0v) is 13.6. The van der Waals surface area contributed by atoms with Gasteiger partial charge in [-0.1, -0.05) is 0 Å². The number of aryl methyl sites for hydroxylation is 1. The monoisotopic (exact) mass is 345 g/mol. The first-order chi connectivity index (χ1) is 11.2. The van der Waals surface area contributed by atoms with Crippen molar-refractivity contribution in [3.05, 3.63) is 17.0 Å². The molecule has 2 aromatic heterocycles. The zero-order chi connectivity index (χ0) is 17.5. The van der Waals surface area contributed by atoms with Crippen molar-refractivity contribution in [1.29, 1.82) is 0 Å². The number of halogens is 3. The molecule has 10 heteroatoms. The molecule has 132 valence electrons. The van der Waals surface area contributed by atoms with E-state index < -0.39 is 17.8 Å². The van der Waals surface area contributed by atoms with Gasteiger partial charge in [-0.25, -0.2) is 0 Å². The van der Waals surface area contributed by atoms with Crippen LogP contribution in [0.25, 0.3) is 5.65 Å². The summed E-state index contributed by atoms with van der Waals surface area (Å²) < 4.78 is 50.7. The van der Waals surface area contributed by atoms with Gasteiger partial charge in [0.25, 0.3) is 5.82 Å². The Morgan fingerprint density at radius 1 is 1.17 bits per heavy atom. The SMILES string of the molecule is Cc1c(NCCC2(C)OCCO2)nn2c(C(F)(F)F)nnc2c1C. The van der Waals surface area contributed by atoms with Gasteiger partial charge in [0, 0.05) is 18.5 Å². The van der Waals surface area contributed by atoms with E-state index in [1.54, 1.807) is 13.8 Å². The van der Waals surface area contributed by atoms with Crippen LogP contribution in [0.15, 0.2) is 0 Å². The highest BCUT2D eigenvalue weighted by atomic mass is 19.4. The van der Waals surface area contributed by atoms with Crippen LogP contribution >= 0.6 is 0 Å². The smallest absolute Gasteiger partial charge is 0.368 e. The van der Waals surface area contributed by atoms with Crippen LogP contribution in [0, 0.1) is 13.8 Å². The first-order valence-corrected chi connectivity index (χ1v) is 7.53. The summed E-state index contributed by atoms with van der Waals surface area (Å²) in [6, 6.07) is 0. The molecular weight excluding hydrogens is 327 g/mol. The number of hydrogen-bond acceptors (Lipinski definition) is 6. The third-order valence-corrected chi connectivity index (χ3v) is 4.12. The molecule has 0 spiro atoms. The molecule has 0 aliphatic carbocycles. The van der Waals surface area contributed by atoms with Crippen LogP contribution in [0.2, 0.25) is 0 Å². The maximum Gasteiger partial charge on any atom is 0.453 e. The molecule has 0 atom stereocenters. The van der Waals surface area contributed by atoms with Crippen LogP contribution in [0.4, 0.5) is 19.0 Å². The second-order valence-electron chi connectivity index (χ2n) is 5.86. The molecule has 0 bridgehead atoms. The van der Waals surface area contributed by atoms with E-state index in [0.29, 0.717) is 37.6 Å². The largest absolute Gasteiger partial charge is 0.453 e. The van der Waals surface area contributed by atoms with Crippen molar-refractivity contribution in [3.63, 3.8) is 0 Å². The van der Waals surface area contributed by atoms with Gasteiger partial charge in [0.05, 0.1) is 13.2 Å². The fraction of sp³-hybridized carbons (Fsp3) is 0.643. The summed E-state index contributed by atoms with van der Waals surface area (Å²) in [4.78, 5) is 0. The highest BCUT2D eigenvalue weighted by Gasteiger charge is 2.38. The standard InChI is InChI=1S/C14H18F3N5O2/c1-8-9(2)11-19-20-12(14(15,16)17)22(11)21-10(8)18-5-4-13(3)23-6-7-24-13/h4-7H2,1-3H3,(H,18,21). The summed E-state index contributed by atoms with van der Waals surface area (Å²) in [6.07, 6.45) is -4.08. The molecule has 2 aromatic rings. The molecule has 1 N–H and O–H groups in total. The Hall–Kier alpha value is -1.94. The first-order valence-electron chi connectivity index (χ1n) is 7.53. The van der Waals surface area contributed by atoms with E-state index >= 15 is 0 Å². The fourth-order valence-corrected chi connectivity index (χ4v) is 2.58. The summed E-state index contributed by atoms with van der Waals surface area (Å²) >= 11 is 0. The number of anilines is 1. The molecule has 0 saturated carbocycles. The van der Waals surface area contributed by atoms with Gasteiger partial charge in [-0.05, 0) is 26.3 Å². The Bertz CT molecular complexity index is 753. The van der Waals surface area contributed by atoms with Crippen molar-refractivity contribution in [2.24, 2.45) is 0 Å². The molecule has 7 nitrogen and oxygen atoms in total. The van der Waals surface area contributed by atoms with Gasteiger partial charge in [0.15, 0.2) is 11.4 Å². The van der Waals surface area contributed by atoms with E-state index in [9.17, 15) is 13.2 Å². The topological polar surface area (TPSA) is 73.6 Å². The molecule has 0 unspecified atom stereocenters. The van der Waals surface area contributed by atoms with Crippen LogP contribution in [0.3, 0.4) is 0 Å². The highest BCUT2D eigenvalue weighted by Crippen LogP contribution is 2.30. The fourth-order valence-electron chi connectivity index (χ4n) is 2.58. The second kappa shape index (κ2) is 5.85. The number of aromatic nitrogens is 4. The first kappa shape index (κ1) is 16.9. The average Bonchev–Trinajstić information content (AvgIpc) is 3.10. The van der Waals surface area contributed by atoms with E-state index in [-0.39, 0.29) is 5.65 Å². The summed E-state index contributed by atoms with van der Waals surface area (Å²) in [5, 5.41) is 13.9. The predicted molar refractivity (Wildman–Crippen MR) is 78.7 cm³/mol. The third kappa shape index (κ3) is 3.03. The number of hydrogen-bond donors (Lipinski definition) is 1. The lowest BCUT2D eigenvalue weighted by molar-refractivity contribution is -0.146. The Balaban J connectivity index is 1.86. The maximum atomic E-state index is 13.0. The molecule has 3 rings (SSSR count). The zero-order valence-electron chi connectivity index (χ0n) is 13.6. The number of fused-ring (bicyclic) bond motifs is 1. The van der Waals surface area contributed by atoms with Gasteiger partial charge in [0.1, 0.15) is 5.82 Å². The van der Waals surface area contributed by atoms with Gasteiger partial charge < -0.3 is 14.8 Å². The number of nitrogens with zero attached hydrogens (tertiary/aromatic N) is 4. The van der Waals surface area contributed by atoms with Crippen molar-refractivity contribution in [2.45, 2.75) is 39.2 Å². The Kier molecular flexibility index (Phi) is 4.12. The van der Waals surface area contributed by atoms with E-state index in [1.165, 1.54) is 0 Å². The minimum absolute atomic E-state index is 0.0970. The average molecular weight is 345 g/mol. The van der Waals surface area contributed by atoms with Crippen molar-refractivity contribution < 1.29 is 22.6 Å². The third-order valence-electron chi connectivity index (χ3n) is 4.12. The lowest BCUT2D eigenvalue weighted by atomic mass is 10.1. The van der Waals surface area contributed by atoms with Crippen LogP contribution in [-0.2, 0) is 15.7 Å². The number of ether oxygens (including phenoxy) is 2. The van der Waals surface area contributed by atoms with Crippen molar-refractivity contribution in [1.82, 2.24) is 19.8 Å². The molecule has 24 heavy (non-hydrogen) atoms. The highest BCUT2D eigenvalue weighted by molar-refractivity contribution is 5.58. The minimum atomic E-state index is -4.62. The van der Waals surface area contributed by atoms with E-state index in [4.69, 9.17) is 9.47 Å². The van der Waals surface area contributed by atoms with Gasteiger partial charge in [0.2, 0.25) is 0 Å². The molecule has 3 heterocycles. The number of rotatable bonds is 4. The summed E-state index contributed by atoms with van der Waals surface area (Å²) in [5.74, 6) is -1.46. The quantitative estimate of drug-likeness (QED) is 0.917. The van der Waals surface area contributed by atoms with Crippen molar-refractivity contribution in [2.75, 3.05) is 25.1 Å². The predicted octanol–water partition coefficient (Wildman–Crippen LogP) is 2.32. The number of nitrogens with one attached hydrogen (secondary N) is 1. The Labute approximate surface area is 136 Å². The van der Waals surface area contributed by atoms with Crippen LogP contribution in [0.5, 0.6) is 0 Å². The number of alkyl halides is 3. The molecule has 0 radical (unpaired) electrons. The van der Waals surface area contributed by atoms with Crippen molar-refractivity contribution in [3.8, 4) is 0 Å². The van der Waals surface area contributed by atoms with Gasteiger partial charge >= 0.3 is 6.18 Å². The maximum absolute atomic E-state index is 13.0. The lowest BCUT2D eigenvalue weighted by Crippen LogP contribution is -2.28. The molecular formula is C14H18F3N5O2. The van der Waals surface area contributed by atoms with Crippen LogP contribution < -0.4 is 5.32 Å². The molecule has 1 fully saturated rings. The Morgan fingerprint density at radius 2 is 1.83 bits per heavy atom. The molecule has 0 amide bonds. The van der Waals surface area contributed by atoms with Gasteiger partial charge in [-0.2, -0.15) is 17.7 Å². The molecule has 1 saturated heterocycles. The summed E-state index contributed by atoms with van der Waals surface area (Å²) in [5.41, 5.74) is 1.41. The molecule has 0 aromatic carbocycles. The van der Waals surface area contributed by atoms with E-state index in [0.717, 1.165) is 10.1 Å². The summed E-state index contributed by atoms with van der Waals surface area (Å²) in [7, 11) is 0. The Morgan fingerprint density at radius 3 is 2.46 bits per heavy atom. The summed E-state index contributed by atoms with van der Waals surface area (Å²) in [6.45, 7) is 6.81. The second-order valence-corrected chi connectivity index (χ2v) is 5.86.